The lowest BCUT2D eigenvalue weighted by molar-refractivity contribution is 0.304. The monoisotopic (exact) mass is 242 g/mol. The van der Waals surface area contributed by atoms with Crippen LogP contribution in [0, 0.1) is 6.92 Å². The molecule has 1 heterocycles. The lowest BCUT2D eigenvalue weighted by Crippen LogP contribution is -2.38. The average molecular weight is 242 g/mol. The highest BCUT2D eigenvalue weighted by Crippen LogP contribution is 2.39. The quantitative estimate of drug-likeness (QED) is 0.813. The van der Waals surface area contributed by atoms with Crippen LogP contribution in [0.1, 0.15) is 43.2 Å². The van der Waals surface area contributed by atoms with Crippen molar-refractivity contribution in [2.24, 2.45) is 12.8 Å². The van der Waals surface area contributed by atoms with Crippen LogP contribution in [0.4, 0.5) is 0 Å². The zero-order valence-electron chi connectivity index (χ0n) is 11.4. The number of benzene rings is 1. The second kappa shape index (κ2) is 4.13. The molecule has 1 aromatic carbocycles. The molecule has 0 atom stereocenters. The van der Waals surface area contributed by atoms with Gasteiger partial charge in [-0.2, -0.15) is 0 Å². The zero-order valence-corrected chi connectivity index (χ0v) is 11.4. The highest BCUT2D eigenvalue weighted by molar-refractivity contribution is 5.85. The fraction of sp³-hybridized carbons (Fsp3) is 0.500. The molecule has 96 valence electrons. The molecule has 0 radical (unpaired) electrons. The molecule has 0 unspecified atom stereocenters. The molecule has 2 heteroatoms. The number of rotatable bonds is 1. The van der Waals surface area contributed by atoms with E-state index in [1.807, 2.05) is 0 Å². The molecule has 1 aliphatic carbocycles. The van der Waals surface area contributed by atoms with Crippen LogP contribution in [-0.2, 0) is 12.6 Å². The summed E-state index contributed by atoms with van der Waals surface area (Å²) in [6.07, 6.45) is 8.36. The number of hydrogen-bond donors (Lipinski definition) is 1. The van der Waals surface area contributed by atoms with Gasteiger partial charge in [0.15, 0.2) is 0 Å². The molecular weight excluding hydrogens is 220 g/mol. The van der Waals surface area contributed by atoms with Crippen molar-refractivity contribution in [2.75, 3.05) is 0 Å². The first-order chi connectivity index (χ1) is 8.60. The molecule has 1 aliphatic rings. The van der Waals surface area contributed by atoms with E-state index in [0.29, 0.717) is 0 Å². The molecule has 2 nitrogen and oxygen atoms in total. The summed E-state index contributed by atoms with van der Waals surface area (Å²) in [6.45, 7) is 2.15. The highest BCUT2D eigenvalue weighted by atomic mass is 14.9. The van der Waals surface area contributed by atoms with Gasteiger partial charge in [0.25, 0.3) is 0 Å². The SMILES string of the molecule is Cc1ccc2c(c1)c(C1(N)CCCCC1)cn2C. The second-order valence-electron chi connectivity index (χ2n) is 5.89. The van der Waals surface area contributed by atoms with Gasteiger partial charge in [-0.3, -0.25) is 0 Å². The molecule has 1 fully saturated rings. The number of fused-ring (bicyclic) bond motifs is 1. The average Bonchev–Trinajstić information content (AvgIpc) is 2.68. The topological polar surface area (TPSA) is 30.9 Å². The van der Waals surface area contributed by atoms with Crippen molar-refractivity contribution in [3.05, 3.63) is 35.5 Å². The van der Waals surface area contributed by atoms with E-state index in [9.17, 15) is 0 Å². The van der Waals surface area contributed by atoms with Crippen LogP contribution in [0.2, 0.25) is 0 Å². The highest BCUT2D eigenvalue weighted by Gasteiger charge is 2.32. The van der Waals surface area contributed by atoms with Gasteiger partial charge in [0.2, 0.25) is 0 Å². The minimum absolute atomic E-state index is 0.106. The molecule has 0 amide bonds. The summed E-state index contributed by atoms with van der Waals surface area (Å²) in [5, 5.41) is 1.35. The van der Waals surface area contributed by atoms with Gasteiger partial charge < -0.3 is 10.3 Å². The summed E-state index contributed by atoms with van der Waals surface area (Å²) >= 11 is 0. The molecule has 18 heavy (non-hydrogen) atoms. The van der Waals surface area contributed by atoms with Crippen LogP contribution in [-0.4, -0.2) is 4.57 Å². The van der Waals surface area contributed by atoms with E-state index in [0.717, 1.165) is 12.8 Å². The number of hydrogen-bond acceptors (Lipinski definition) is 1. The Morgan fingerprint density at radius 2 is 1.89 bits per heavy atom. The summed E-state index contributed by atoms with van der Waals surface area (Å²) < 4.78 is 2.22. The normalized spacial score (nSPS) is 19.3. The van der Waals surface area contributed by atoms with Crippen molar-refractivity contribution in [2.45, 2.75) is 44.6 Å². The fourth-order valence-electron chi connectivity index (χ4n) is 3.35. The first-order valence-electron chi connectivity index (χ1n) is 6.95. The summed E-state index contributed by atoms with van der Waals surface area (Å²) in [5.74, 6) is 0. The maximum absolute atomic E-state index is 6.70. The van der Waals surface area contributed by atoms with Gasteiger partial charge in [0.05, 0.1) is 0 Å². The molecule has 1 saturated carbocycles. The van der Waals surface area contributed by atoms with E-state index in [1.54, 1.807) is 0 Å². The third-order valence-electron chi connectivity index (χ3n) is 4.43. The van der Waals surface area contributed by atoms with Gasteiger partial charge in [-0.25, -0.2) is 0 Å². The Hall–Kier alpha value is -1.28. The Morgan fingerprint density at radius 1 is 1.17 bits per heavy atom. The van der Waals surface area contributed by atoms with Crippen molar-refractivity contribution in [3.63, 3.8) is 0 Å². The molecule has 2 N–H and O–H groups in total. The van der Waals surface area contributed by atoms with Crippen LogP contribution in [0.25, 0.3) is 10.9 Å². The van der Waals surface area contributed by atoms with Crippen molar-refractivity contribution < 1.29 is 0 Å². The smallest absolute Gasteiger partial charge is 0.0481 e. The van der Waals surface area contributed by atoms with Gasteiger partial charge >= 0.3 is 0 Å². The molecule has 0 spiro atoms. The predicted octanol–water partition coefficient (Wildman–Crippen LogP) is 3.60. The Kier molecular flexibility index (Phi) is 2.70. The van der Waals surface area contributed by atoms with Crippen LogP contribution < -0.4 is 5.73 Å². The first-order valence-corrected chi connectivity index (χ1v) is 6.95. The Bertz CT molecular complexity index is 574. The molecular formula is C16H22N2. The molecule has 2 aromatic rings. The van der Waals surface area contributed by atoms with Crippen molar-refractivity contribution in [1.82, 2.24) is 4.57 Å². The van der Waals surface area contributed by atoms with E-state index in [4.69, 9.17) is 5.73 Å². The van der Waals surface area contributed by atoms with Crippen LogP contribution in [0.5, 0.6) is 0 Å². The van der Waals surface area contributed by atoms with Gasteiger partial charge in [-0.15, -0.1) is 0 Å². The molecule has 0 aliphatic heterocycles. The fourth-order valence-corrected chi connectivity index (χ4v) is 3.35. The van der Waals surface area contributed by atoms with Gasteiger partial charge in [-0.05, 0) is 37.5 Å². The summed E-state index contributed by atoms with van der Waals surface area (Å²) in [7, 11) is 2.12. The first kappa shape index (κ1) is 11.8. The van der Waals surface area contributed by atoms with Crippen molar-refractivity contribution in [1.29, 1.82) is 0 Å². The Morgan fingerprint density at radius 3 is 2.61 bits per heavy atom. The molecule has 3 rings (SSSR count). The largest absolute Gasteiger partial charge is 0.350 e. The predicted molar refractivity (Wildman–Crippen MR) is 76.6 cm³/mol. The van der Waals surface area contributed by atoms with Gasteiger partial charge in [0, 0.05) is 29.7 Å². The number of nitrogens with zero attached hydrogens (tertiary/aromatic N) is 1. The standard InChI is InChI=1S/C16H22N2/c1-12-6-7-15-13(10-12)14(11-18(15)2)16(17)8-4-3-5-9-16/h6-7,10-11H,3-5,8-9,17H2,1-2H3. The molecule has 1 aromatic heterocycles. The van der Waals surface area contributed by atoms with Crippen LogP contribution in [0.3, 0.4) is 0 Å². The van der Waals surface area contributed by atoms with Crippen molar-refractivity contribution >= 4 is 10.9 Å². The third kappa shape index (κ3) is 1.76. The minimum Gasteiger partial charge on any atom is -0.350 e. The van der Waals surface area contributed by atoms with E-state index in [-0.39, 0.29) is 5.54 Å². The lowest BCUT2D eigenvalue weighted by Gasteiger charge is -2.33. The van der Waals surface area contributed by atoms with Crippen LogP contribution >= 0.6 is 0 Å². The van der Waals surface area contributed by atoms with E-state index in [1.165, 1.54) is 41.3 Å². The summed E-state index contributed by atoms with van der Waals surface area (Å²) in [6, 6.07) is 6.67. The van der Waals surface area contributed by atoms with E-state index >= 15 is 0 Å². The van der Waals surface area contributed by atoms with E-state index < -0.39 is 0 Å². The minimum atomic E-state index is -0.106. The van der Waals surface area contributed by atoms with Crippen molar-refractivity contribution in [3.8, 4) is 0 Å². The summed E-state index contributed by atoms with van der Waals surface area (Å²) in [5.41, 5.74) is 10.6. The maximum atomic E-state index is 6.70. The Balaban J connectivity index is 2.19. The summed E-state index contributed by atoms with van der Waals surface area (Å²) in [4.78, 5) is 0. The maximum Gasteiger partial charge on any atom is 0.0481 e. The Labute approximate surface area is 109 Å². The zero-order chi connectivity index (χ0) is 12.8. The van der Waals surface area contributed by atoms with Gasteiger partial charge in [-0.1, -0.05) is 30.9 Å². The van der Waals surface area contributed by atoms with E-state index in [2.05, 4.69) is 42.9 Å². The second-order valence-corrected chi connectivity index (χ2v) is 5.89. The number of aromatic nitrogens is 1. The third-order valence-corrected chi connectivity index (χ3v) is 4.43. The lowest BCUT2D eigenvalue weighted by atomic mass is 9.77. The van der Waals surface area contributed by atoms with Gasteiger partial charge in [0.1, 0.15) is 0 Å². The number of nitrogens with two attached hydrogens (primary N) is 1. The number of aryl methyl sites for hydroxylation is 2. The molecule has 0 bridgehead atoms. The van der Waals surface area contributed by atoms with Crippen LogP contribution in [0.15, 0.2) is 24.4 Å². The molecule has 0 saturated heterocycles.